The van der Waals surface area contributed by atoms with Gasteiger partial charge in [0.05, 0.1) is 13.1 Å². The van der Waals surface area contributed by atoms with Gasteiger partial charge in [-0.15, -0.1) is 0 Å². The van der Waals surface area contributed by atoms with Crippen LogP contribution >= 0.6 is 11.8 Å². The zero-order valence-electron chi connectivity index (χ0n) is 19.2. The summed E-state index contributed by atoms with van der Waals surface area (Å²) in [4.78, 5) is 20.0. The molecular formula is C26H28FN5OS. The summed E-state index contributed by atoms with van der Waals surface area (Å²) >= 11 is 1.56. The van der Waals surface area contributed by atoms with Crippen molar-refractivity contribution in [1.29, 1.82) is 0 Å². The highest BCUT2D eigenvalue weighted by Gasteiger charge is 2.54. The third kappa shape index (κ3) is 4.69. The predicted octanol–water partition coefficient (Wildman–Crippen LogP) is 5.47. The molecule has 0 amide bonds. The molecule has 1 aromatic carbocycles. The number of anilines is 3. The first-order valence-electron chi connectivity index (χ1n) is 12.0. The first-order chi connectivity index (χ1) is 16.4. The number of ketones is 1. The summed E-state index contributed by atoms with van der Waals surface area (Å²) in [6.45, 7) is 2.83. The smallest absolute Gasteiger partial charge is 0.153 e. The third-order valence-corrected chi connectivity index (χ3v) is 7.81. The number of Topliss-reactive ketones (excluding diaryl/α,β-unsaturated/α-hetero) is 1. The highest BCUT2D eigenvalue weighted by molar-refractivity contribution is 7.99. The molecular weight excluding hydrogens is 449 g/mol. The molecule has 0 radical (unpaired) electrons. The maximum Gasteiger partial charge on any atom is 0.153 e. The van der Waals surface area contributed by atoms with Gasteiger partial charge in [-0.1, -0.05) is 23.9 Å². The van der Waals surface area contributed by atoms with Crippen LogP contribution < -0.4 is 10.2 Å². The molecule has 2 saturated carbocycles. The van der Waals surface area contributed by atoms with Gasteiger partial charge in [0.25, 0.3) is 0 Å². The number of pyridine rings is 1. The van der Waals surface area contributed by atoms with E-state index in [9.17, 15) is 9.18 Å². The molecule has 176 valence electrons. The van der Waals surface area contributed by atoms with Crippen molar-refractivity contribution in [2.75, 3.05) is 23.3 Å². The van der Waals surface area contributed by atoms with E-state index < -0.39 is 5.67 Å². The van der Waals surface area contributed by atoms with Crippen molar-refractivity contribution in [3.8, 4) is 0 Å². The van der Waals surface area contributed by atoms with Gasteiger partial charge in [-0.2, -0.15) is 5.10 Å². The molecule has 3 heterocycles. The van der Waals surface area contributed by atoms with Crippen molar-refractivity contribution in [3.63, 3.8) is 0 Å². The molecule has 0 bridgehead atoms. The van der Waals surface area contributed by atoms with Crippen molar-refractivity contribution in [3.05, 3.63) is 53.7 Å². The molecule has 0 spiro atoms. The lowest BCUT2D eigenvalue weighted by molar-refractivity contribution is -0.119. The van der Waals surface area contributed by atoms with Gasteiger partial charge in [0.2, 0.25) is 0 Å². The lowest BCUT2D eigenvalue weighted by atomic mass is 9.90. The van der Waals surface area contributed by atoms with Crippen molar-refractivity contribution >= 4 is 34.9 Å². The van der Waals surface area contributed by atoms with E-state index in [1.54, 1.807) is 11.8 Å². The standard InChI is InChI=1S/C26H28FN5OS/c1-16-10-24(31-30-16)28-23-12-20(32-14-26(27,15-32)19-6-7-19)13-25(29-23)34-21-8-2-17(3-9-21)11-22(33)18-4-5-18/h2-3,8-10,12-13,18-19H,4-7,11,14-15H2,1H3,(H2,28,29,30,31). The van der Waals surface area contributed by atoms with Crippen LogP contribution in [0.1, 0.15) is 36.9 Å². The summed E-state index contributed by atoms with van der Waals surface area (Å²) in [7, 11) is 0. The molecule has 3 fully saturated rings. The molecule has 2 N–H and O–H groups in total. The summed E-state index contributed by atoms with van der Waals surface area (Å²) in [5.41, 5.74) is 1.94. The summed E-state index contributed by atoms with van der Waals surface area (Å²) in [5, 5.41) is 11.3. The molecule has 3 aliphatic rings. The van der Waals surface area contributed by atoms with E-state index in [-0.39, 0.29) is 11.8 Å². The van der Waals surface area contributed by atoms with E-state index >= 15 is 0 Å². The number of hydrogen-bond acceptors (Lipinski definition) is 6. The SMILES string of the molecule is Cc1cc(Nc2cc(N3CC(F)(C4CC4)C3)cc(Sc3ccc(CC(=O)C4CC4)cc3)n2)n[nH]1. The number of alkyl halides is 1. The van der Waals surface area contributed by atoms with Crippen LogP contribution in [0.3, 0.4) is 0 Å². The van der Waals surface area contributed by atoms with Gasteiger partial charge in [-0.05, 0) is 62.3 Å². The Kier molecular flexibility index (Phi) is 5.36. The van der Waals surface area contributed by atoms with Gasteiger partial charge >= 0.3 is 0 Å². The van der Waals surface area contributed by atoms with E-state index in [0.717, 1.165) is 52.5 Å². The van der Waals surface area contributed by atoms with Crippen LogP contribution in [0.15, 0.2) is 52.4 Å². The Hall–Kier alpha value is -2.87. The molecule has 0 atom stereocenters. The van der Waals surface area contributed by atoms with Gasteiger partial charge in [0.15, 0.2) is 5.82 Å². The number of benzene rings is 1. The molecule has 1 saturated heterocycles. The van der Waals surface area contributed by atoms with Gasteiger partial charge in [-0.3, -0.25) is 9.89 Å². The number of halogens is 1. The second kappa shape index (κ2) is 8.41. The molecule has 2 aliphatic carbocycles. The molecule has 1 aliphatic heterocycles. The fourth-order valence-corrected chi connectivity index (χ4v) is 5.42. The fraction of sp³-hybridized carbons (Fsp3) is 0.423. The monoisotopic (exact) mass is 477 g/mol. The lowest BCUT2D eigenvalue weighted by Gasteiger charge is -2.46. The summed E-state index contributed by atoms with van der Waals surface area (Å²) < 4.78 is 15.0. The van der Waals surface area contributed by atoms with Gasteiger partial charge in [0.1, 0.15) is 22.3 Å². The fourth-order valence-electron chi connectivity index (χ4n) is 4.58. The zero-order chi connectivity index (χ0) is 23.3. The number of carbonyl (C=O) groups is 1. The highest BCUT2D eigenvalue weighted by Crippen LogP contribution is 2.48. The summed E-state index contributed by atoms with van der Waals surface area (Å²) in [5.74, 6) is 2.25. The van der Waals surface area contributed by atoms with Crippen LogP contribution in [0.25, 0.3) is 0 Å². The van der Waals surface area contributed by atoms with E-state index in [2.05, 4.69) is 20.4 Å². The van der Waals surface area contributed by atoms with Crippen LogP contribution in [0.2, 0.25) is 0 Å². The Balaban J connectivity index is 1.20. The van der Waals surface area contributed by atoms with Gasteiger partial charge < -0.3 is 10.2 Å². The first kappa shape index (κ1) is 21.6. The third-order valence-electron chi connectivity index (χ3n) is 6.89. The average Bonchev–Trinajstić information content (AvgIpc) is 3.71. The van der Waals surface area contributed by atoms with E-state index in [0.29, 0.717) is 36.9 Å². The maximum atomic E-state index is 15.0. The number of aromatic amines is 1. The quantitative estimate of drug-likeness (QED) is 0.426. The highest BCUT2D eigenvalue weighted by atomic mass is 32.2. The maximum absolute atomic E-state index is 15.0. The van der Waals surface area contributed by atoms with Crippen LogP contribution in [0.5, 0.6) is 0 Å². The minimum Gasteiger partial charge on any atom is -0.365 e. The number of nitrogens with one attached hydrogen (secondary N) is 2. The van der Waals surface area contributed by atoms with Crippen LogP contribution in [0.4, 0.5) is 21.7 Å². The molecule has 34 heavy (non-hydrogen) atoms. The second-order valence-electron chi connectivity index (χ2n) is 9.94. The van der Waals surface area contributed by atoms with Crippen LogP contribution in [-0.4, -0.2) is 39.7 Å². The molecule has 8 heteroatoms. The number of aryl methyl sites for hydroxylation is 1. The summed E-state index contributed by atoms with van der Waals surface area (Å²) in [6.07, 6.45) is 4.63. The normalized spacial score (nSPS) is 19.1. The number of nitrogens with zero attached hydrogens (tertiary/aromatic N) is 3. The second-order valence-corrected chi connectivity index (χ2v) is 11.0. The van der Waals surface area contributed by atoms with E-state index in [1.807, 2.05) is 49.4 Å². The van der Waals surface area contributed by atoms with Gasteiger partial charge in [-0.25, -0.2) is 9.37 Å². The number of hydrogen-bond donors (Lipinski definition) is 2. The van der Waals surface area contributed by atoms with Crippen molar-refractivity contribution < 1.29 is 9.18 Å². The molecule has 2 aromatic heterocycles. The Morgan fingerprint density at radius 3 is 2.56 bits per heavy atom. The predicted molar refractivity (Wildman–Crippen MR) is 132 cm³/mol. The van der Waals surface area contributed by atoms with Crippen molar-refractivity contribution in [1.82, 2.24) is 15.2 Å². The van der Waals surface area contributed by atoms with Crippen molar-refractivity contribution in [2.45, 2.75) is 54.6 Å². The van der Waals surface area contributed by atoms with Crippen LogP contribution in [0, 0.1) is 18.8 Å². The molecule has 6 nitrogen and oxygen atoms in total. The van der Waals surface area contributed by atoms with Gasteiger partial charge in [0, 0.05) is 40.7 Å². The number of carbonyl (C=O) groups excluding carboxylic acids is 1. The topological polar surface area (TPSA) is 73.9 Å². The molecule has 3 aromatic rings. The number of rotatable bonds is 9. The Bertz CT molecular complexity index is 1210. The zero-order valence-corrected chi connectivity index (χ0v) is 20.0. The minimum atomic E-state index is -1.04. The van der Waals surface area contributed by atoms with Crippen molar-refractivity contribution in [2.24, 2.45) is 11.8 Å². The Morgan fingerprint density at radius 2 is 1.91 bits per heavy atom. The number of H-pyrrole nitrogens is 1. The van der Waals surface area contributed by atoms with E-state index in [4.69, 9.17) is 4.98 Å². The lowest BCUT2D eigenvalue weighted by Crippen LogP contribution is -2.60. The average molecular weight is 478 g/mol. The molecule has 6 rings (SSSR count). The minimum absolute atomic E-state index is 0.231. The van der Waals surface area contributed by atoms with E-state index in [1.165, 1.54) is 0 Å². The first-order valence-corrected chi connectivity index (χ1v) is 12.8. The molecule has 0 unspecified atom stereocenters. The summed E-state index contributed by atoms with van der Waals surface area (Å²) in [6, 6.07) is 14.1. The Labute approximate surface area is 202 Å². The number of aromatic nitrogens is 3. The Morgan fingerprint density at radius 1 is 1.15 bits per heavy atom. The van der Waals surface area contributed by atoms with Crippen LogP contribution in [-0.2, 0) is 11.2 Å². The largest absolute Gasteiger partial charge is 0.365 e.